The topological polar surface area (TPSA) is 144 Å². The van der Waals surface area contributed by atoms with Gasteiger partial charge < -0.3 is 4.74 Å². The lowest BCUT2D eigenvalue weighted by Gasteiger charge is -2.23. The van der Waals surface area contributed by atoms with E-state index in [-0.39, 0.29) is 10.1 Å². The molecule has 0 aliphatic carbocycles. The standard InChI is InChI=1S/C20H16FN5O6S/c1-3-33(30,31)26(20(29)32-14-7-5-4-6-8-14)16-10-17(15(21)9-13(16)11-22)25-19(28)24(2)18(27)12-23-25/h4-10,12H,3H2,1-2H3. The zero-order valence-corrected chi connectivity index (χ0v) is 18.1. The summed E-state index contributed by atoms with van der Waals surface area (Å²) < 4.78 is 46.9. The zero-order chi connectivity index (χ0) is 24.3. The van der Waals surface area contributed by atoms with Gasteiger partial charge in [0.05, 0.1) is 17.0 Å². The van der Waals surface area contributed by atoms with Gasteiger partial charge in [-0.2, -0.15) is 19.3 Å². The first-order valence-corrected chi connectivity index (χ1v) is 10.9. The van der Waals surface area contributed by atoms with E-state index in [1.807, 2.05) is 0 Å². The van der Waals surface area contributed by atoms with E-state index < -0.39 is 55.9 Å². The van der Waals surface area contributed by atoms with Crippen LogP contribution >= 0.6 is 0 Å². The van der Waals surface area contributed by atoms with Gasteiger partial charge >= 0.3 is 11.8 Å². The second kappa shape index (κ2) is 9.05. The fraction of sp³-hybridized carbons (Fsp3) is 0.150. The molecular formula is C20H16FN5O6S. The molecule has 0 bridgehead atoms. The van der Waals surface area contributed by atoms with E-state index in [0.717, 1.165) is 19.3 Å². The van der Waals surface area contributed by atoms with E-state index in [9.17, 15) is 32.5 Å². The summed E-state index contributed by atoms with van der Waals surface area (Å²) in [6.07, 6.45) is -0.624. The number of aromatic nitrogens is 3. The SMILES string of the molecule is CCS(=O)(=O)N(C(=O)Oc1ccccc1)c1cc(-n2ncc(=O)n(C)c2=O)c(F)cc1C#N. The number of para-hydroxylation sites is 1. The predicted octanol–water partition coefficient (Wildman–Crippen LogP) is 1.30. The molecule has 1 heterocycles. The largest absolute Gasteiger partial charge is 0.433 e. The third-order valence-corrected chi connectivity index (χ3v) is 6.10. The Morgan fingerprint density at radius 3 is 2.52 bits per heavy atom. The van der Waals surface area contributed by atoms with Crippen LogP contribution in [0.1, 0.15) is 12.5 Å². The van der Waals surface area contributed by atoms with Crippen LogP contribution in [0.2, 0.25) is 0 Å². The van der Waals surface area contributed by atoms with E-state index in [0.29, 0.717) is 15.3 Å². The number of ether oxygens (including phenoxy) is 1. The lowest BCUT2D eigenvalue weighted by molar-refractivity contribution is 0.211. The van der Waals surface area contributed by atoms with Crippen LogP contribution in [-0.4, -0.2) is 34.6 Å². The van der Waals surface area contributed by atoms with Crippen molar-refractivity contribution in [2.45, 2.75) is 6.92 Å². The van der Waals surface area contributed by atoms with E-state index in [1.54, 1.807) is 24.3 Å². The minimum atomic E-state index is -4.38. The molecular weight excluding hydrogens is 457 g/mol. The maximum absolute atomic E-state index is 14.8. The number of benzene rings is 2. The van der Waals surface area contributed by atoms with Crippen molar-refractivity contribution in [3.8, 4) is 17.5 Å². The summed E-state index contributed by atoms with van der Waals surface area (Å²) in [7, 11) is -3.24. The number of hydrogen-bond acceptors (Lipinski definition) is 8. The van der Waals surface area contributed by atoms with Crippen molar-refractivity contribution in [1.82, 2.24) is 14.3 Å². The van der Waals surface area contributed by atoms with E-state index in [4.69, 9.17) is 4.74 Å². The van der Waals surface area contributed by atoms with Gasteiger partial charge in [0.15, 0.2) is 5.82 Å². The van der Waals surface area contributed by atoms with Crippen molar-refractivity contribution in [1.29, 1.82) is 5.26 Å². The van der Waals surface area contributed by atoms with Gasteiger partial charge in [0.2, 0.25) is 10.0 Å². The number of carbonyl (C=O) groups excluding carboxylic acids is 1. The van der Waals surface area contributed by atoms with Crippen molar-refractivity contribution in [3.63, 3.8) is 0 Å². The quantitative estimate of drug-likeness (QED) is 0.539. The highest BCUT2D eigenvalue weighted by molar-refractivity contribution is 7.93. The van der Waals surface area contributed by atoms with Gasteiger partial charge in [-0.1, -0.05) is 18.2 Å². The molecule has 3 rings (SSSR count). The lowest BCUT2D eigenvalue weighted by Crippen LogP contribution is -2.41. The summed E-state index contributed by atoms with van der Waals surface area (Å²) in [5.74, 6) is -1.66. The molecule has 0 unspecified atom stereocenters. The monoisotopic (exact) mass is 473 g/mol. The zero-order valence-electron chi connectivity index (χ0n) is 17.3. The molecule has 170 valence electrons. The van der Waals surface area contributed by atoms with Crippen LogP contribution in [0.4, 0.5) is 14.9 Å². The second-order valence-electron chi connectivity index (χ2n) is 6.51. The highest BCUT2D eigenvalue weighted by atomic mass is 32.2. The Hall–Kier alpha value is -4.31. The molecule has 0 fully saturated rings. The summed E-state index contributed by atoms with van der Waals surface area (Å²) in [4.78, 5) is 36.9. The Morgan fingerprint density at radius 2 is 1.91 bits per heavy atom. The van der Waals surface area contributed by atoms with Gasteiger partial charge in [-0.15, -0.1) is 0 Å². The lowest BCUT2D eigenvalue weighted by atomic mass is 10.1. The van der Waals surface area contributed by atoms with Crippen molar-refractivity contribution >= 4 is 21.8 Å². The first-order valence-electron chi connectivity index (χ1n) is 9.30. The molecule has 0 aliphatic rings. The van der Waals surface area contributed by atoms with Crippen molar-refractivity contribution < 1.29 is 22.3 Å². The minimum Gasteiger partial charge on any atom is -0.409 e. The highest BCUT2D eigenvalue weighted by Crippen LogP contribution is 2.29. The van der Waals surface area contributed by atoms with Gasteiger partial charge in [-0.3, -0.25) is 9.36 Å². The molecule has 0 spiro atoms. The summed E-state index contributed by atoms with van der Waals surface area (Å²) in [6.45, 7) is 1.26. The van der Waals surface area contributed by atoms with E-state index in [2.05, 4.69) is 5.10 Å². The molecule has 13 heteroatoms. The Bertz CT molecular complexity index is 1490. The van der Waals surface area contributed by atoms with Crippen molar-refractivity contribution in [2.75, 3.05) is 10.1 Å². The van der Waals surface area contributed by atoms with Gasteiger partial charge in [-0.25, -0.2) is 22.4 Å². The van der Waals surface area contributed by atoms with Gasteiger partial charge in [0.1, 0.15) is 23.7 Å². The van der Waals surface area contributed by atoms with Gasteiger partial charge in [0, 0.05) is 7.05 Å². The Balaban J connectivity index is 2.26. The molecule has 0 saturated carbocycles. The smallest absolute Gasteiger partial charge is 0.409 e. The number of carbonyl (C=O) groups is 1. The van der Waals surface area contributed by atoms with Crippen molar-refractivity contribution in [3.05, 3.63) is 80.9 Å². The van der Waals surface area contributed by atoms with Crippen LogP contribution in [0.15, 0.2) is 58.3 Å². The predicted molar refractivity (Wildman–Crippen MR) is 114 cm³/mol. The van der Waals surface area contributed by atoms with Crippen LogP contribution in [0, 0.1) is 17.1 Å². The molecule has 0 N–H and O–H groups in total. The maximum Gasteiger partial charge on any atom is 0.433 e. The maximum atomic E-state index is 14.8. The van der Waals surface area contributed by atoms with Gasteiger partial charge in [0.25, 0.3) is 5.56 Å². The first-order chi connectivity index (χ1) is 15.6. The Labute approximate surface area is 186 Å². The number of anilines is 1. The Kier molecular flexibility index (Phi) is 6.40. The second-order valence-corrected chi connectivity index (χ2v) is 8.62. The molecule has 1 amide bonds. The number of sulfonamides is 1. The van der Waals surface area contributed by atoms with Crippen LogP contribution < -0.4 is 20.3 Å². The molecule has 0 radical (unpaired) electrons. The minimum absolute atomic E-state index is 0.0237. The number of nitriles is 1. The molecule has 33 heavy (non-hydrogen) atoms. The normalized spacial score (nSPS) is 11.0. The number of rotatable bonds is 5. The third-order valence-electron chi connectivity index (χ3n) is 4.47. The molecule has 0 aliphatic heterocycles. The highest BCUT2D eigenvalue weighted by Gasteiger charge is 2.33. The van der Waals surface area contributed by atoms with Crippen LogP contribution in [-0.2, 0) is 17.1 Å². The summed E-state index contributed by atoms with van der Waals surface area (Å²) in [6, 6.07) is 10.6. The van der Waals surface area contributed by atoms with Gasteiger partial charge in [-0.05, 0) is 31.2 Å². The van der Waals surface area contributed by atoms with Crippen LogP contribution in [0.25, 0.3) is 5.69 Å². The summed E-state index contributed by atoms with van der Waals surface area (Å²) in [5, 5.41) is 13.1. The number of hydrogen-bond donors (Lipinski definition) is 0. The van der Waals surface area contributed by atoms with Crippen molar-refractivity contribution in [2.24, 2.45) is 7.05 Å². The number of halogens is 1. The summed E-state index contributed by atoms with van der Waals surface area (Å²) in [5.41, 5.74) is -3.45. The van der Waals surface area contributed by atoms with Crippen LogP contribution in [0.3, 0.4) is 0 Å². The van der Waals surface area contributed by atoms with E-state index in [1.165, 1.54) is 19.1 Å². The number of amides is 1. The molecule has 0 atom stereocenters. The average Bonchev–Trinajstić information content (AvgIpc) is 2.79. The molecule has 2 aromatic carbocycles. The summed E-state index contributed by atoms with van der Waals surface area (Å²) >= 11 is 0. The average molecular weight is 473 g/mol. The molecule has 3 aromatic rings. The van der Waals surface area contributed by atoms with E-state index >= 15 is 0 Å². The molecule has 0 saturated heterocycles. The molecule has 11 nitrogen and oxygen atoms in total. The molecule has 1 aromatic heterocycles. The number of nitrogens with zero attached hydrogens (tertiary/aromatic N) is 5. The third kappa shape index (κ3) is 4.51. The first kappa shape index (κ1) is 23.4. The fourth-order valence-corrected chi connectivity index (χ4v) is 3.71. The fourth-order valence-electron chi connectivity index (χ4n) is 2.74. The van der Waals surface area contributed by atoms with Crippen LogP contribution in [0.5, 0.6) is 5.75 Å². The Morgan fingerprint density at radius 1 is 1.24 bits per heavy atom.